The largest absolute Gasteiger partial charge is 0.385 e. The Labute approximate surface area is 122 Å². The van der Waals surface area contributed by atoms with Crippen molar-refractivity contribution in [2.24, 2.45) is 11.7 Å². The van der Waals surface area contributed by atoms with E-state index in [0.29, 0.717) is 18.9 Å². The van der Waals surface area contributed by atoms with Gasteiger partial charge in [-0.25, -0.2) is 0 Å². The van der Waals surface area contributed by atoms with Gasteiger partial charge < -0.3 is 11.1 Å². The molecule has 112 valence electrons. The fourth-order valence-corrected chi connectivity index (χ4v) is 2.51. The van der Waals surface area contributed by atoms with Crippen molar-refractivity contribution in [3.05, 3.63) is 29.8 Å². The Bertz CT molecular complexity index is 398. The van der Waals surface area contributed by atoms with E-state index in [1.165, 1.54) is 25.7 Å². The molecule has 0 aliphatic heterocycles. The van der Waals surface area contributed by atoms with Crippen molar-refractivity contribution in [3.63, 3.8) is 0 Å². The topological polar surface area (TPSA) is 55.1 Å². The number of benzene rings is 1. The minimum Gasteiger partial charge on any atom is -0.385 e. The lowest BCUT2D eigenvalue weighted by Crippen LogP contribution is -2.14. The second-order valence-corrected chi connectivity index (χ2v) is 5.37. The fraction of sp³-hybridized carbons (Fsp3) is 0.588. The molecular formula is C17H28N2O. The third-order valence-electron chi connectivity index (χ3n) is 3.54. The molecule has 0 aliphatic rings. The first-order chi connectivity index (χ1) is 9.71. The van der Waals surface area contributed by atoms with Gasteiger partial charge in [0.2, 0.25) is 0 Å². The molecule has 0 unspecified atom stereocenters. The second-order valence-electron chi connectivity index (χ2n) is 5.37. The van der Waals surface area contributed by atoms with Crippen LogP contribution in [0.4, 0.5) is 5.69 Å². The number of nitrogens with two attached hydrogens (primary N) is 1. The summed E-state index contributed by atoms with van der Waals surface area (Å²) >= 11 is 0. The third-order valence-corrected chi connectivity index (χ3v) is 3.54. The molecule has 0 atom stereocenters. The number of carbonyl (C=O) groups is 1. The molecule has 1 rings (SSSR count). The molecular weight excluding hydrogens is 248 g/mol. The maximum atomic E-state index is 11.8. The molecule has 0 heterocycles. The Morgan fingerprint density at radius 3 is 2.55 bits per heavy atom. The molecule has 20 heavy (non-hydrogen) atoms. The lowest BCUT2D eigenvalue weighted by atomic mass is 9.98. The van der Waals surface area contributed by atoms with Crippen LogP contribution in [0.25, 0.3) is 0 Å². The van der Waals surface area contributed by atoms with Gasteiger partial charge in [-0.15, -0.1) is 0 Å². The molecule has 0 aromatic heterocycles. The first kappa shape index (κ1) is 16.7. The van der Waals surface area contributed by atoms with Crippen LogP contribution in [0.5, 0.6) is 0 Å². The number of hydrogen-bond donors (Lipinski definition) is 2. The Morgan fingerprint density at radius 1 is 1.25 bits per heavy atom. The summed E-state index contributed by atoms with van der Waals surface area (Å²) < 4.78 is 0. The normalized spacial score (nSPS) is 10.8. The van der Waals surface area contributed by atoms with E-state index in [1.54, 1.807) is 0 Å². The zero-order valence-electron chi connectivity index (χ0n) is 12.8. The van der Waals surface area contributed by atoms with E-state index in [0.717, 1.165) is 17.8 Å². The zero-order chi connectivity index (χ0) is 14.8. The van der Waals surface area contributed by atoms with E-state index in [1.807, 2.05) is 24.3 Å². The highest BCUT2D eigenvalue weighted by Gasteiger charge is 2.08. The van der Waals surface area contributed by atoms with Crippen LogP contribution < -0.4 is 11.1 Å². The molecule has 1 aromatic carbocycles. The summed E-state index contributed by atoms with van der Waals surface area (Å²) in [6, 6.07) is 7.75. The summed E-state index contributed by atoms with van der Waals surface area (Å²) in [5.41, 5.74) is 7.22. The van der Waals surface area contributed by atoms with Crippen molar-refractivity contribution in [1.29, 1.82) is 0 Å². The molecule has 1 aromatic rings. The molecule has 0 saturated carbocycles. The first-order valence-electron chi connectivity index (χ1n) is 7.78. The van der Waals surface area contributed by atoms with Gasteiger partial charge in [0, 0.05) is 24.2 Å². The van der Waals surface area contributed by atoms with Crippen LogP contribution in [0, 0.1) is 5.92 Å². The Morgan fingerprint density at radius 2 is 1.95 bits per heavy atom. The third kappa shape index (κ3) is 5.74. The van der Waals surface area contributed by atoms with E-state index in [9.17, 15) is 4.79 Å². The minimum atomic E-state index is 0.120. The molecule has 0 saturated heterocycles. The van der Waals surface area contributed by atoms with Gasteiger partial charge in [-0.1, -0.05) is 38.8 Å². The molecule has 0 aliphatic carbocycles. The fourth-order valence-electron chi connectivity index (χ4n) is 2.51. The van der Waals surface area contributed by atoms with E-state index in [2.05, 4.69) is 19.2 Å². The Hall–Kier alpha value is -1.35. The van der Waals surface area contributed by atoms with E-state index < -0.39 is 0 Å². The van der Waals surface area contributed by atoms with Crippen LogP contribution in [0.1, 0.15) is 56.3 Å². The molecule has 3 heteroatoms. The predicted octanol–water partition coefficient (Wildman–Crippen LogP) is 3.85. The molecule has 0 bridgehead atoms. The maximum absolute atomic E-state index is 11.8. The van der Waals surface area contributed by atoms with Gasteiger partial charge in [0.25, 0.3) is 0 Å². The lowest BCUT2D eigenvalue weighted by Gasteiger charge is -2.17. The van der Waals surface area contributed by atoms with Gasteiger partial charge in [0.05, 0.1) is 0 Å². The van der Waals surface area contributed by atoms with Gasteiger partial charge in [0.15, 0.2) is 5.78 Å². The van der Waals surface area contributed by atoms with Crippen molar-refractivity contribution >= 4 is 11.5 Å². The lowest BCUT2D eigenvalue weighted by molar-refractivity contribution is 0.0985. The molecule has 3 N–H and O–H groups in total. The van der Waals surface area contributed by atoms with Crippen molar-refractivity contribution in [2.75, 3.05) is 18.4 Å². The average molecular weight is 276 g/mol. The number of rotatable bonds is 10. The van der Waals surface area contributed by atoms with E-state index in [-0.39, 0.29) is 5.78 Å². The van der Waals surface area contributed by atoms with E-state index in [4.69, 9.17) is 5.73 Å². The highest BCUT2D eigenvalue weighted by molar-refractivity contribution is 5.97. The Kier molecular flexibility index (Phi) is 7.97. The number of carbonyl (C=O) groups excluding carboxylic acids is 1. The molecule has 0 radical (unpaired) electrons. The average Bonchev–Trinajstić information content (AvgIpc) is 2.46. The maximum Gasteiger partial charge on any atom is 0.164 e. The smallest absolute Gasteiger partial charge is 0.164 e. The van der Waals surface area contributed by atoms with Crippen molar-refractivity contribution in [2.45, 2.75) is 46.0 Å². The van der Waals surface area contributed by atoms with Gasteiger partial charge in [0.1, 0.15) is 0 Å². The highest BCUT2D eigenvalue weighted by Crippen LogP contribution is 2.17. The van der Waals surface area contributed by atoms with Gasteiger partial charge >= 0.3 is 0 Å². The molecule has 3 nitrogen and oxygen atoms in total. The Balaban J connectivity index is 2.58. The van der Waals surface area contributed by atoms with Crippen molar-refractivity contribution in [3.8, 4) is 0 Å². The van der Waals surface area contributed by atoms with Crippen LogP contribution >= 0.6 is 0 Å². The van der Waals surface area contributed by atoms with Crippen LogP contribution in [-0.4, -0.2) is 18.9 Å². The molecule has 0 spiro atoms. The number of hydrogen-bond acceptors (Lipinski definition) is 3. The summed E-state index contributed by atoms with van der Waals surface area (Å²) in [5.74, 6) is 0.836. The predicted molar refractivity (Wildman–Crippen MR) is 86.2 cm³/mol. The monoisotopic (exact) mass is 276 g/mol. The number of ketones is 1. The molecule has 0 fully saturated rings. The van der Waals surface area contributed by atoms with Crippen molar-refractivity contribution in [1.82, 2.24) is 0 Å². The van der Waals surface area contributed by atoms with Gasteiger partial charge in [-0.2, -0.15) is 0 Å². The summed E-state index contributed by atoms with van der Waals surface area (Å²) in [7, 11) is 0. The first-order valence-corrected chi connectivity index (χ1v) is 7.78. The zero-order valence-corrected chi connectivity index (χ0v) is 12.8. The standard InChI is InChI=1S/C17H28N2O/c1-3-6-14(7-4-2)13-19-16-9-5-8-15(12-16)17(20)10-11-18/h5,8-9,12,14,19H,3-4,6-7,10-11,13,18H2,1-2H3. The second kappa shape index (κ2) is 9.54. The highest BCUT2D eigenvalue weighted by atomic mass is 16.1. The molecule has 0 amide bonds. The van der Waals surface area contributed by atoms with Crippen LogP contribution in [0.2, 0.25) is 0 Å². The van der Waals surface area contributed by atoms with Crippen LogP contribution in [0.15, 0.2) is 24.3 Å². The number of Topliss-reactive ketones (excluding diaryl/α,β-unsaturated/α-hetero) is 1. The van der Waals surface area contributed by atoms with Crippen molar-refractivity contribution < 1.29 is 4.79 Å². The summed E-state index contributed by atoms with van der Waals surface area (Å²) in [4.78, 5) is 11.8. The minimum absolute atomic E-state index is 0.120. The number of nitrogens with one attached hydrogen (secondary N) is 1. The van der Waals surface area contributed by atoms with Gasteiger partial charge in [-0.3, -0.25) is 4.79 Å². The van der Waals surface area contributed by atoms with E-state index >= 15 is 0 Å². The van der Waals surface area contributed by atoms with Gasteiger partial charge in [-0.05, 0) is 37.4 Å². The van der Waals surface area contributed by atoms with Crippen LogP contribution in [0.3, 0.4) is 0 Å². The SMILES string of the molecule is CCCC(CCC)CNc1cccc(C(=O)CCN)c1. The summed E-state index contributed by atoms with van der Waals surface area (Å²) in [6.07, 6.45) is 5.37. The number of anilines is 1. The van der Waals surface area contributed by atoms with Crippen LogP contribution in [-0.2, 0) is 0 Å². The summed E-state index contributed by atoms with van der Waals surface area (Å²) in [6.45, 7) is 5.85. The quantitative estimate of drug-likeness (QED) is 0.638. The summed E-state index contributed by atoms with van der Waals surface area (Å²) in [5, 5.41) is 3.47.